The molecule has 0 aliphatic rings. The molecule has 0 N–H and O–H groups in total. The Bertz CT molecular complexity index is 749. The minimum atomic E-state index is 1.05. The Morgan fingerprint density at radius 2 is 1.63 bits per heavy atom. The molecule has 2 aromatic heterocycles. The van der Waals surface area contributed by atoms with Crippen molar-refractivity contribution in [3.05, 3.63) is 53.2 Å². The lowest BCUT2D eigenvalue weighted by atomic mass is 10.1. The molecule has 0 fully saturated rings. The molecule has 0 saturated heterocycles. The molecule has 0 amide bonds. The maximum absolute atomic E-state index is 4.57. The highest BCUT2D eigenvalue weighted by atomic mass is 15.0. The number of pyridine rings is 1. The maximum atomic E-state index is 4.57. The summed E-state index contributed by atoms with van der Waals surface area (Å²) < 4.78 is 2.19. The van der Waals surface area contributed by atoms with Crippen LogP contribution in [0.1, 0.15) is 16.7 Å². The Balaban J connectivity index is 2.32. The molecule has 0 aliphatic carbocycles. The van der Waals surface area contributed by atoms with Gasteiger partial charge in [-0.25, -0.2) is 4.98 Å². The zero-order valence-electron chi connectivity index (χ0n) is 11.9. The SMILES string of the molecule is Cc1ccc(-c2c(C)c3cc(C)cnc3n2C)cc1. The number of benzene rings is 1. The molecule has 19 heavy (non-hydrogen) atoms. The molecular weight excluding hydrogens is 232 g/mol. The summed E-state index contributed by atoms with van der Waals surface area (Å²) in [6, 6.07) is 10.9. The van der Waals surface area contributed by atoms with Gasteiger partial charge < -0.3 is 4.57 Å². The number of aromatic nitrogens is 2. The summed E-state index contributed by atoms with van der Waals surface area (Å²) in [5, 5.41) is 1.25. The van der Waals surface area contributed by atoms with E-state index in [0.29, 0.717) is 0 Å². The lowest BCUT2D eigenvalue weighted by molar-refractivity contribution is 0.952. The first-order chi connectivity index (χ1) is 9.08. The first-order valence-corrected chi connectivity index (χ1v) is 6.56. The standard InChI is InChI=1S/C17H18N2/c1-11-5-7-14(8-6-11)16-13(3)15-9-12(2)10-18-17(15)19(16)4/h5-10H,1-4H3. The normalized spacial score (nSPS) is 11.2. The van der Waals surface area contributed by atoms with E-state index >= 15 is 0 Å². The molecule has 3 aromatic rings. The highest BCUT2D eigenvalue weighted by molar-refractivity contribution is 5.89. The molecule has 2 nitrogen and oxygen atoms in total. The van der Waals surface area contributed by atoms with E-state index in [9.17, 15) is 0 Å². The van der Waals surface area contributed by atoms with Crippen LogP contribution >= 0.6 is 0 Å². The van der Waals surface area contributed by atoms with E-state index in [1.807, 2.05) is 6.20 Å². The average molecular weight is 250 g/mol. The highest BCUT2D eigenvalue weighted by Gasteiger charge is 2.14. The fraction of sp³-hybridized carbons (Fsp3) is 0.235. The van der Waals surface area contributed by atoms with Gasteiger partial charge in [-0.2, -0.15) is 0 Å². The van der Waals surface area contributed by atoms with Crippen molar-refractivity contribution in [1.82, 2.24) is 9.55 Å². The molecule has 0 saturated carbocycles. The van der Waals surface area contributed by atoms with Crippen molar-refractivity contribution in [1.29, 1.82) is 0 Å². The Morgan fingerprint density at radius 1 is 0.947 bits per heavy atom. The Morgan fingerprint density at radius 3 is 2.32 bits per heavy atom. The monoisotopic (exact) mass is 250 g/mol. The molecule has 3 rings (SSSR count). The van der Waals surface area contributed by atoms with E-state index in [-0.39, 0.29) is 0 Å². The molecule has 0 bridgehead atoms. The van der Waals surface area contributed by atoms with Crippen LogP contribution in [0.4, 0.5) is 0 Å². The topological polar surface area (TPSA) is 17.8 Å². The van der Waals surface area contributed by atoms with E-state index in [2.05, 4.69) is 67.7 Å². The van der Waals surface area contributed by atoms with Gasteiger partial charge in [-0.05, 0) is 43.5 Å². The van der Waals surface area contributed by atoms with Gasteiger partial charge in [-0.15, -0.1) is 0 Å². The second-order valence-electron chi connectivity index (χ2n) is 5.28. The van der Waals surface area contributed by atoms with E-state index in [0.717, 1.165) is 5.65 Å². The third-order valence-corrected chi connectivity index (χ3v) is 3.74. The maximum Gasteiger partial charge on any atom is 0.140 e. The van der Waals surface area contributed by atoms with Gasteiger partial charge >= 0.3 is 0 Å². The summed E-state index contributed by atoms with van der Waals surface area (Å²) in [7, 11) is 2.09. The van der Waals surface area contributed by atoms with Gasteiger partial charge in [0.15, 0.2) is 0 Å². The van der Waals surface area contributed by atoms with Crippen LogP contribution in [-0.2, 0) is 7.05 Å². The molecule has 0 radical (unpaired) electrons. The second kappa shape index (κ2) is 4.23. The van der Waals surface area contributed by atoms with Gasteiger partial charge in [0, 0.05) is 18.6 Å². The number of aryl methyl sites for hydroxylation is 4. The highest BCUT2D eigenvalue weighted by Crippen LogP contribution is 2.31. The van der Waals surface area contributed by atoms with Crippen LogP contribution in [-0.4, -0.2) is 9.55 Å². The van der Waals surface area contributed by atoms with E-state index in [1.165, 1.54) is 33.3 Å². The first kappa shape index (κ1) is 12.0. The van der Waals surface area contributed by atoms with Crippen LogP contribution in [0.25, 0.3) is 22.3 Å². The number of hydrogen-bond donors (Lipinski definition) is 0. The number of nitrogens with zero attached hydrogens (tertiary/aromatic N) is 2. The molecule has 0 unspecified atom stereocenters. The van der Waals surface area contributed by atoms with Gasteiger partial charge in [0.2, 0.25) is 0 Å². The summed E-state index contributed by atoms with van der Waals surface area (Å²) in [4.78, 5) is 4.57. The zero-order valence-corrected chi connectivity index (χ0v) is 11.9. The van der Waals surface area contributed by atoms with Crippen LogP contribution in [0.2, 0.25) is 0 Å². The molecule has 0 atom stereocenters. The minimum Gasteiger partial charge on any atom is -0.328 e. The van der Waals surface area contributed by atoms with Crippen molar-refractivity contribution in [3.8, 4) is 11.3 Å². The van der Waals surface area contributed by atoms with Crippen LogP contribution in [0.3, 0.4) is 0 Å². The molecular formula is C17H18N2. The van der Waals surface area contributed by atoms with Crippen molar-refractivity contribution in [2.45, 2.75) is 20.8 Å². The minimum absolute atomic E-state index is 1.05. The molecule has 2 heteroatoms. The van der Waals surface area contributed by atoms with E-state index < -0.39 is 0 Å². The van der Waals surface area contributed by atoms with Crippen molar-refractivity contribution >= 4 is 11.0 Å². The second-order valence-corrected chi connectivity index (χ2v) is 5.28. The van der Waals surface area contributed by atoms with Gasteiger partial charge in [0.25, 0.3) is 0 Å². The summed E-state index contributed by atoms with van der Waals surface area (Å²) in [6.07, 6.45) is 1.93. The molecule has 1 aromatic carbocycles. The third-order valence-electron chi connectivity index (χ3n) is 3.74. The molecule has 2 heterocycles. The fourth-order valence-corrected chi connectivity index (χ4v) is 2.71. The number of fused-ring (bicyclic) bond motifs is 1. The van der Waals surface area contributed by atoms with Gasteiger partial charge in [-0.3, -0.25) is 0 Å². The molecule has 96 valence electrons. The van der Waals surface area contributed by atoms with E-state index in [4.69, 9.17) is 0 Å². The Labute approximate surface area is 113 Å². The Kier molecular flexibility index (Phi) is 2.67. The first-order valence-electron chi connectivity index (χ1n) is 6.56. The van der Waals surface area contributed by atoms with Gasteiger partial charge in [0.1, 0.15) is 5.65 Å². The van der Waals surface area contributed by atoms with E-state index in [1.54, 1.807) is 0 Å². The van der Waals surface area contributed by atoms with Crippen molar-refractivity contribution in [2.24, 2.45) is 7.05 Å². The predicted molar refractivity (Wildman–Crippen MR) is 80.4 cm³/mol. The summed E-state index contributed by atoms with van der Waals surface area (Å²) in [5.74, 6) is 0. The average Bonchev–Trinajstić information content (AvgIpc) is 2.63. The van der Waals surface area contributed by atoms with Crippen LogP contribution in [0.15, 0.2) is 36.5 Å². The van der Waals surface area contributed by atoms with Crippen LogP contribution in [0, 0.1) is 20.8 Å². The number of hydrogen-bond acceptors (Lipinski definition) is 1. The van der Waals surface area contributed by atoms with Gasteiger partial charge in [0.05, 0.1) is 5.69 Å². The quantitative estimate of drug-likeness (QED) is 0.634. The van der Waals surface area contributed by atoms with Crippen molar-refractivity contribution in [2.75, 3.05) is 0 Å². The summed E-state index contributed by atoms with van der Waals surface area (Å²) in [5.41, 5.74) is 7.36. The Hall–Kier alpha value is -2.09. The van der Waals surface area contributed by atoms with Gasteiger partial charge in [-0.1, -0.05) is 29.8 Å². The van der Waals surface area contributed by atoms with Crippen LogP contribution in [0.5, 0.6) is 0 Å². The lowest BCUT2D eigenvalue weighted by Crippen LogP contribution is -1.93. The fourth-order valence-electron chi connectivity index (χ4n) is 2.71. The smallest absolute Gasteiger partial charge is 0.140 e. The van der Waals surface area contributed by atoms with Crippen molar-refractivity contribution < 1.29 is 0 Å². The number of rotatable bonds is 1. The van der Waals surface area contributed by atoms with Crippen LogP contribution < -0.4 is 0 Å². The predicted octanol–water partition coefficient (Wildman–Crippen LogP) is 4.17. The lowest BCUT2D eigenvalue weighted by Gasteiger charge is -2.06. The zero-order chi connectivity index (χ0) is 13.6. The largest absolute Gasteiger partial charge is 0.328 e. The molecule has 0 aliphatic heterocycles. The molecule has 0 spiro atoms. The summed E-state index contributed by atoms with van der Waals surface area (Å²) in [6.45, 7) is 6.38. The van der Waals surface area contributed by atoms with Crippen molar-refractivity contribution in [3.63, 3.8) is 0 Å². The summed E-state index contributed by atoms with van der Waals surface area (Å²) >= 11 is 0. The third kappa shape index (κ3) is 1.84.